The zero-order valence-electron chi connectivity index (χ0n) is 13.9. The molecular formula is C18H18F3N3OS. The minimum absolute atomic E-state index is 0.0541. The minimum atomic E-state index is -4.34. The molecule has 0 radical (unpaired) electrons. The summed E-state index contributed by atoms with van der Waals surface area (Å²) >= 11 is -0.198. The van der Waals surface area contributed by atoms with Crippen LogP contribution in [0.1, 0.15) is 28.8 Å². The first-order valence-electron chi connectivity index (χ1n) is 8.25. The number of rotatable bonds is 5. The average Bonchev–Trinajstić information content (AvgIpc) is 3.14. The Morgan fingerprint density at radius 1 is 1.15 bits per heavy atom. The highest BCUT2D eigenvalue weighted by Gasteiger charge is 2.29. The monoisotopic (exact) mass is 381 g/mol. The number of aromatic nitrogens is 1. The molecule has 1 amide bonds. The molecule has 0 saturated carbocycles. The number of nitrogens with one attached hydrogen (secondary N) is 1. The van der Waals surface area contributed by atoms with Crippen LogP contribution in [0, 0.1) is 0 Å². The number of carbonyl (C=O) groups excluding carboxylic acids is 1. The summed E-state index contributed by atoms with van der Waals surface area (Å²) in [7, 11) is 0. The van der Waals surface area contributed by atoms with Crippen molar-refractivity contribution in [1.29, 1.82) is 0 Å². The molecule has 8 heteroatoms. The van der Waals surface area contributed by atoms with E-state index in [9.17, 15) is 18.0 Å². The maximum atomic E-state index is 12.3. The average molecular weight is 381 g/mol. The van der Waals surface area contributed by atoms with Gasteiger partial charge in [-0.1, -0.05) is 0 Å². The molecule has 1 aliphatic heterocycles. The molecule has 0 atom stereocenters. The van der Waals surface area contributed by atoms with Crippen molar-refractivity contribution in [3.63, 3.8) is 0 Å². The molecule has 0 spiro atoms. The fraction of sp³-hybridized carbons (Fsp3) is 0.333. The van der Waals surface area contributed by atoms with Crippen molar-refractivity contribution < 1.29 is 18.0 Å². The summed E-state index contributed by atoms with van der Waals surface area (Å²) in [5, 5.41) is 2.79. The Morgan fingerprint density at radius 2 is 1.85 bits per heavy atom. The topological polar surface area (TPSA) is 45.2 Å². The fourth-order valence-corrected chi connectivity index (χ4v) is 3.32. The molecule has 0 aliphatic carbocycles. The number of alkyl halides is 3. The molecule has 3 rings (SSSR count). The van der Waals surface area contributed by atoms with Crippen LogP contribution in [0.25, 0.3) is 0 Å². The number of amides is 1. The van der Waals surface area contributed by atoms with Crippen LogP contribution in [-0.2, 0) is 6.54 Å². The highest BCUT2D eigenvalue weighted by Crippen LogP contribution is 2.36. The van der Waals surface area contributed by atoms with Gasteiger partial charge in [-0.3, -0.25) is 4.79 Å². The minimum Gasteiger partial charge on any atom is -0.357 e. The quantitative estimate of drug-likeness (QED) is 0.788. The number of thioether (sulfide) groups is 1. The number of hydrogen-bond donors (Lipinski definition) is 1. The van der Waals surface area contributed by atoms with Crippen LogP contribution >= 0.6 is 11.8 Å². The number of halogens is 3. The maximum absolute atomic E-state index is 12.3. The number of nitrogens with zero attached hydrogens (tertiary/aromatic N) is 2. The SMILES string of the molecule is O=C(NCc1ccnc(N2CCCC2)c1)c1ccc(SC(F)(F)F)cc1. The van der Waals surface area contributed by atoms with E-state index in [0.29, 0.717) is 12.1 Å². The smallest absolute Gasteiger partial charge is 0.357 e. The third kappa shape index (κ3) is 5.14. The van der Waals surface area contributed by atoms with Crippen molar-refractivity contribution in [2.24, 2.45) is 0 Å². The summed E-state index contributed by atoms with van der Waals surface area (Å²) in [5.74, 6) is 0.580. The summed E-state index contributed by atoms with van der Waals surface area (Å²) < 4.78 is 37.0. The van der Waals surface area contributed by atoms with Crippen molar-refractivity contribution in [3.05, 3.63) is 53.7 Å². The molecule has 26 heavy (non-hydrogen) atoms. The highest BCUT2D eigenvalue weighted by atomic mass is 32.2. The number of pyridine rings is 1. The zero-order chi connectivity index (χ0) is 18.6. The molecule has 138 valence electrons. The van der Waals surface area contributed by atoms with Gasteiger partial charge in [0.1, 0.15) is 5.82 Å². The summed E-state index contributed by atoms with van der Waals surface area (Å²) in [6.07, 6.45) is 4.04. The van der Waals surface area contributed by atoms with Crippen molar-refractivity contribution in [2.75, 3.05) is 18.0 Å². The van der Waals surface area contributed by atoms with E-state index in [2.05, 4.69) is 15.2 Å². The largest absolute Gasteiger partial charge is 0.446 e. The van der Waals surface area contributed by atoms with Crippen LogP contribution in [0.3, 0.4) is 0 Å². The molecule has 2 heterocycles. The van der Waals surface area contributed by atoms with Gasteiger partial charge in [-0.25, -0.2) is 4.98 Å². The number of anilines is 1. The first-order valence-corrected chi connectivity index (χ1v) is 9.06. The highest BCUT2D eigenvalue weighted by molar-refractivity contribution is 8.00. The predicted molar refractivity (Wildman–Crippen MR) is 95.2 cm³/mol. The molecule has 0 bridgehead atoms. The van der Waals surface area contributed by atoms with Crippen molar-refractivity contribution >= 4 is 23.5 Å². The van der Waals surface area contributed by atoms with E-state index >= 15 is 0 Å². The third-order valence-electron chi connectivity index (χ3n) is 4.04. The van der Waals surface area contributed by atoms with Gasteiger partial charge in [-0.15, -0.1) is 0 Å². The lowest BCUT2D eigenvalue weighted by Gasteiger charge is -2.17. The van der Waals surface area contributed by atoms with Crippen LogP contribution in [-0.4, -0.2) is 29.5 Å². The molecule has 0 unspecified atom stereocenters. The summed E-state index contributed by atoms with van der Waals surface area (Å²) in [5.41, 5.74) is -3.08. The number of benzene rings is 1. The van der Waals surface area contributed by atoms with Crippen molar-refractivity contribution in [2.45, 2.75) is 29.8 Å². The standard InChI is InChI=1S/C18H18F3N3OS/c19-18(20,21)26-15-5-3-14(4-6-15)17(25)23-12-13-7-8-22-16(11-13)24-9-1-2-10-24/h3-8,11H,1-2,9-10,12H2,(H,23,25). The molecule has 2 aromatic rings. The Hall–Kier alpha value is -2.22. The first-order chi connectivity index (χ1) is 12.4. The Kier molecular flexibility index (Phi) is 5.70. The number of hydrogen-bond acceptors (Lipinski definition) is 4. The molecule has 1 aromatic carbocycles. The van der Waals surface area contributed by atoms with Crippen LogP contribution in [0.5, 0.6) is 0 Å². The van der Waals surface area contributed by atoms with E-state index in [4.69, 9.17) is 0 Å². The van der Waals surface area contributed by atoms with Gasteiger partial charge in [0.15, 0.2) is 0 Å². The Bertz CT molecular complexity index is 759. The van der Waals surface area contributed by atoms with Gasteiger partial charge in [-0.05, 0) is 66.6 Å². The second-order valence-electron chi connectivity index (χ2n) is 5.97. The summed E-state index contributed by atoms with van der Waals surface area (Å²) in [6, 6.07) is 9.17. The van der Waals surface area contributed by atoms with Crippen molar-refractivity contribution in [1.82, 2.24) is 10.3 Å². The Morgan fingerprint density at radius 3 is 2.50 bits per heavy atom. The van der Waals surface area contributed by atoms with Crippen LogP contribution in [0.2, 0.25) is 0 Å². The van der Waals surface area contributed by atoms with E-state index in [-0.39, 0.29) is 22.6 Å². The van der Waals surface area contributed by atoms with E-state index in [1.165, 1.54) is 24.3 Å². The lowest BCUT2D eigenvalue weighted by Crippen LogP contribution is -2.23. The number of carbonyl (C=O) groups is 1. The van der Waals surface area contributed by atoms with Crippen LogP contribution in [0.4, 0.5) is 19.0 Å². The molecule has 1 N–H and O–H groups in total. The van der Waals surface area contributed by atoms with Gasteiger partial charge in [0.25, 0.3) is 5.91 Å². The van der Waals surface area contributed by atoms with Gasteiger partial charge < -0.3 is 10.2 Å². The van der Waals surface area contributed by atoms with E-state index < -0.39 is 5.51 Å². The molecule has 1 fully saturated rings. The molecule has 1 saturated heterocycles. The fourth-order valence-electron chi connectivity index (χ4n) is 2.78. The molecule has 4 nitrogen and oxygen atoms in total. The zero-order valence-corrected chi connectivity index (χ0v) is 14.7. The molecule has 1 aromatic heterocycles. The van der Waals surface area contributed by atoms with Gasteiger partial charge in [-0.2, -0.15) is 13.2 Å². The Labute approximate surface area is 153 Å². The molecular weight excluding hydrogens is 363 g/mol. The lowest BCUT2D eigenvalue weighted by atomic mass is 10.2. The molecule has 1 aliphatic rings. The van der Waals surface area contributed by atoms with E-state index in [1.807, 2.05) is 12.1 Å². The van der Waals surface area contributed by atoms with Crippen molar-refractivity contribution in [3.8, 4) is 0 Å². The third-order valence-corrected chi connectivity index (χ3v) is 4.78. The van der Waals surface area contributed by atoms with Gasteiger partial charge in [0.05, 0.1) is 0 Å². The Balaban J connectivity index is 1.57. The van der Waals surface area contributed by atoms with Gasteiger partial charge in [0.2, 0.25) is 0 Å². The van der Waals surface area contributed by atoms with E-state index in [0.717, 1.165) is 37.3 Å². The summed E-state index contributed by atoms with van der Waals surface area (Å²) in [4.78, 5) is 18.8. The van der Waals surface area contributed by atoms with Gasteiger partial charge >= 0.3 is 5.51 Å². The second kappa shape index (κ2) is 7.99. The van der Waals surface area contributed by atoms with Gasteiger partial charge in [0, 0.05) is 36.3 Å². The lowest BCUT2D eigenvalue weighted by molar-refractivity contribution is -0.0328. The van der Waals surface area contributed by atoms with E-state index in [1.54, 1.807) is 6.20 Å². The summed E-state index contributed by atoms with van der Waals surface area (Å²) in [6.45, 7) is 2.32. The predicted octanol–water partition coefficient (Wildman–Crippen LogP) is 4.22. The van der Waals surface area contributed by atoms with Crippen LogP contribution < -0.4 is 10.2 Å². The first kappa shape index (κ1) is 18.6. The maximum Gasteiger partial charge on any atom is 0.446 e. The second-order valence-corrected chi connectivity index (χ2v) is 7.11. The normalized spacial score (nSPS) is 14.5. The van der Waals surface area contributed by atoms with Crippen LogP contribution in [0.15, 0.2) is 47.5 Å².